The number of pyridine rings is 1. The first-order valence-electron chi connectivity index (χ1n) is 11.1. The molecule has 2 atom stereocenters. The average molecular weight is 476 g/mol. The Morgan fingerprint density at radius 1 is 1.21 bits per heavy atom. The molecule has 3 aromatic rings. The molecule has 0 radical (unpaired) electrons. The highest BCUT2D eigenvalue weighted by molar-refractivity contribution is 5.90. The number of aromatic nitrogens is 3. The van der Waals surface area contributed by atoms with Crippen LogP contribution in [-0.2, 0) is 11.8 Å². The van der Waals surface area contributed by atoms with E-state index in [2.05, 4.69) is 10.4 Å². The molecule has 0 spiro atoms. The normalized spacial score (nSPS) is 18.9. The maximum Gasteiger partial charge on any atom is 0.274 e. The molecule has 0 saturated carbocycles. The van der Waals surface area contributed by atoms with Crippen LogP contribution < -0.4 is 16.4 Å². The number of aryl methyl sites for hydroxylation is 1. The fourth-order valence-electron chi connectivity index (χ4n) is 4.52. The maximum atomic E-state index is 14.7. The third kappa shape index (κ3) is 4.46. The highest BCUT2D eigenvalue weighted by Gasteiger charge is 2.30. The van der Waals surface area contributed by atoms with Gasteiger partial charge in [-0.05, 0) is 33.6 Å². The van der Waals surface area contributed by atoms with Crippen LogP contribution in [0.1, 0.15) is 63.2 Å². The molecule has 0 aliphatic carbocycles. The third-order valence-electron chi connectivity index (χ3n) is 6.29. The van der Waals surface area contributed by atoms with E-state index in [0.717, 1.165) is 10.7 Å². The Balaban J connectivity index is 1.80. The summed E-state index contributed by atoms with van der Waals surface area (Å²) in [5.74, 6) is -0.750. The highest BCUT2D eigenvalue weighted by Crippen LogP contribution is 2.33. The molecular weight excluding hydrogens is 449 g/mol. The minimum absolute atomic E-state index is 0.0427. The second kappa shape index (κ2) is 8.90. The zero-order valence-electron chi connectivity index (χ0n) is 19.4. The number of benzene rings is 1. The van der Waals surface area contributed by atoms with Crippen molar-refractivity contribution in [2.45, 2.75) is 57.7 Å². The van der Waals surface area contributed by atoms with Crippen LogP contribution in [0.25, 0.3) is 10.8 Å². The highest BCUT2D eigenvalue weighted by atomic mass is 19.3. The van der Waals surface area contributed by atoms with Gasteiger partial charge in [-0.2, -0.15) is 5.10 Å². The molecule has 34 heavy (non-hydrogen) atoms. The largest absolute Gasteiger partial charge is 0.375 e. The van der Waals surface area contributed by atoms with Gasteiger partial charge in [0.05, 0.1) is 22.6 Å². The van der Waals surface area contributed by atoms with Crippen molar-refractivity contribution in [3.05, 3.63) is 68.1 Å². The van der Waals surface area contributed by atoms with Crippen molar-refractivity contribution >= 4 is 16.6 Å². The Kier molecular flexibility index (Phi) is 6.28. The summed E-state index contributed by atoms with van der Waals surface area (Å²) in [6.07, 6.45) is -0.0970. The average Bonchev–Trinajstić information content (AvgIpc) is 2.76. The first-order chi connectivity index (χ1) is 16.0. The van der Waals surface area contributed by atoms with Crippen LogP contribution in [0.3, 0.4) is 0 Å². The molecule has 0 amide bonds. The lowest BCUT2D eigenvalue weighted by Crippen LogP contribution is -2.38. The minimum Gasteiger partial charge on any atom is -0.375 e. The van der Waals surface area contributed by atoms with Gasteiger partial charge >= 0.3 is 0 Å². The first kappa shape index (κ1) is 24.0. The molecule has 1 fully saturated rings. The predicted octanol–water partition coefficient (Wildman–Crippen LogP) is 4.48. The van der Waals surface area contributed by atoms with Gasteiger partial charge < -0.3 is 14.6 Å². The number of ether oxygens (including phenoxy) is 1. The van der Waals surface area contributed by atoms with E-state index in [1.165, 1.54) is 25.2 Å². The van der Waals surface area contributed by atoms with E-state index in [0.29, 0.717) is 24.8 Å². The molecule has 3 heterocycles. The Hall–Kier alpha value is -3.14. The van der Waals surface area contributed by atoms with Crippen LogP contribution in [0, 0.1) is 5.82 Å². The van der Waals surface area contributed by atoms with E-state index in [1.807, 2.05) is 13.8 Å². The summed E-state index contributed by atoms with van der Waals surface area (Å²) >= 11 is 0. The first-order valence-corrected chi connectivity index (χ1v) is 11.1. The van der Waals surface area contributed by atoms with E-state index < -0.39 is 35.0 Å². The van der Waals surface area contributed by atoms with Crippen LogP contribution in [0.5, 0.6) is 0 Å². The van der Waals surface area contributed by atoms with Crippen LogP contribution in [0.4, 0.5) is 19.0 Å². The maximum absolute atomic E-state index is 14.7. The summed E-state index contributed by atoms with van der Waals surface area (Å²) in [5.41, 5.74) is -1.80. The minimum atomic E-state index is -2.94. The smallest absolute Gasteiger partial charge is 0.274 e. The molecule has 1 aliphatic rings. The number of hydrogen-bond donors (Lipinski definition) is 1. The van der Waals surface area contributed by atoms with E-state index in [-0.39, 0.29) is 28.4 Å². The Morgan fingerprint density at radius 3 is 2.59 bits per heavy atom. The fourth-order valence-corrected chi connectivity index (χ4v) is 4.52. The van der Waals surface area contributed by atoms with Gasteiger partial charge in [0.1, 0.15) is 5.82 Å². The van der Waals surface area contributed by atoms with Gasteiger partial charge in [0.25, 0.3) is 17.5 Å². The molecule has 4 rings (SSSR count). The van der Waals surface area contributed by atoms with Crippen molar-refractivity contribution in [3.63, 3.8) is 0 Å². The second-order valence-corrected chi connectivity index (χ2v) is 9.30. The van der Waals surface area contributed by atoms with Gasteiger partial charge in [0.2, 0.25) is 0 Å². The van der Waals surface area contributed by atoms with Crippen molar-refractivity contribution in [1.29, 1.82) is 0 Å². The quantitative estimate of drug-likeness (QED) is 0.588. The van der Waals surface area contributed by atoms with Crippen molar-refractivity contribution in [3.8, 4) is 0 Å². The Labute approximate surface area is 194 Å². The molecular formula is C24H27F3N4O3. The number of hydrogen-bond acceptors (Lipinski definition) is 5. The number of nitrogens with one attached hydrogen (secondary N) is 1. The predicted molar refractivity (Wildman–Crippen MR) is 123 cm³/mol. The Morgan fingerprint density at radius 2 is 1.91 bits per heavy atom. The second-order valence-electron chi connectivity index (χ2n) is 9.30. The van der Waals surface area contributed by atoms with E-state index in [9.17, 15) is 22.8 Å². The molecule has 1 N–H and O–H groups in total. The summed E-state index contributed by atoms with van der Waals surface area (Å²) in [6.45, 7) is 6.03. The SMILES string of the molecule is C[C@@H](Nc1nn(C)c(=O)c2cc(=O)n(C3CCOC(C)(C)C3)cc12)c1cccc(C(F)F)c1F. The van der Waals surface area contributed by atoms with E-state index in [1.54, 1.807) is 17.7 Å². The lowest BCUT2D eigenvalue weighted by Gasteiger charge is -2.36. The van der Waals surface area contributed by atoms with Crippen LogP contribution >= 0.6 is 0 Å². The number of anilines is 1. The third-order valence-corrected chi connectivity index (χ3v) is 6.29. The van der Waals surface area contributed by atoms with Gasteiger partial charge in [-0.15, -0.1) is 0 Å². The molecule has 1 aliphatic heterocycles. The number of rotatable bonds is 5. The van der Waals surface area contributed by atoms with Crippen LogP contribution in [0.2, 0.25) is 0 Å². The fraction of sp³-hybridized carbons (Fsp3) is 0.458. The number of fused-ring (bicyclic) bond motifs is 1. The lowest BCUT2D eigenvalue weighted by atomic mass is 9.93. The monoisotopic (exact) mass is 476 g/mol. The van der Waals surface area contributed by atoms with Crippen LogP contribution in [0.15, 0.2) is 40.1 Å². The standard InChI is InChI=1S/C24H27F3N4O3/c1-13(15-6-5-7-16(20(15)25)21(26)27)28-22-18-12-31(14-8-9-34-24(2,3)11-14)19(32)10-17(18)23(33)30(4)29-22/h5-7,10,12-14,21H,8-9,11H2,1-4H3,(H,28,29)/t13-,14?/m1/s1. The number of nitrogens with zero attached hydrogens (tertiary/aromatic N) is 3. The molecule has 0 bridgehead atoms. The molecule has 1 unspecified atom stereocenters. The van der Waals surface area contributed by atoms with Crippen molar-refractivity contribution < 1.29 is 17.9 Å². The summed E-state index contributed by atoms with van der Waals surface area (Å²) in [7, 11) is 1.45. The van der Waals surface area contributed by atoms with Gasteiger partial charge in [-0.25, -0.2) is 17.9 Å². The van der Waals surface area contributed by atoms with Gasteiger partial charge in [-0.1, -0.05) is 18.2 Å². The molecule has 1 saturated heterocycles. The zero-order chi connectivity index (χ0) is 24.8. The van der Waals surface area contributed by atoms with Crippen molar-refractivity contribution in [1.82, 2.24) is 14.3 Å². The summed E-state index contributed by atoms with van der Waals surface area (Å²) < 4.78 is 49.5. The summed E-state index contributed by atoms with van der Waals surface area (Å²) in [5, 5.41) is 7.89. The Bertz CT molecular complexity index is 1350. The number of halogens is 3. The topological polar surface area (TPSA) is 78.2 Å². The zero-order valence-corrected chi connectivity index (χ0v) is 19.4. The van der Waals surface area contributed by atoms with Crippen molar-refractivity contribution in [2.24, 2.45) is 7.05 Å². The summed E-state index contributed by atoms with van der Waals surface area (Å²) in [6, 6.07) is 4.25. The lowest BCUT2D eigenvalue weighted by molar-refractivity contribution is -0.0695. The van der Waals surface area contributed by atoms with Gasteiger partial charge in [0, 0.05) is 42.9 Å². The van der Waals surface area contributed by atoms with Gasteiger partial charge in [0.15, 0.2) is 5.82 Å². The van der Waals surface area contributed by atoms with E-state index >= 15 is 0 Å². The molecule has 182 valence electrons. The molecule has 1 aromatic carbocycles. The molecule has 10 heteroatoms. The van der Waals surface area contributed by atoms with Gasteiger partial charge in [-0.3, -0.25) is 9.59 Å². The van der Waals surface area contributed by atoms with Crippen LogP contribution in [-0.4, -0.2) is 26.6 Å². The molecule has 7 nitrogen and oxygen atoms in total. The number of alkyl halides is 2. The van der Waals surface area contributed by atoms with Crippen molar-refractivity contribution in [2.75, 3.05) is 11.9 Å². The van der Waals surface area contributed by atoms with E-state index in [4.69, 9.17) is 4.74 Å². The molecule has 2 aromatic heterocycles. The summed E-state index contributed by atoms with van der Waals surface area (Å²) in [4.78, 5) is 25.6.